The molecule has 0 N–H and O–H groups in total. The Morgan fingerprint density at radius 2 is 0.768 bits per heavy atom. The van der Waals surface area contributed by atoms with E-state index < -0.39 is 0 Å². The van der Waals surface area contributed by atoms with Crippen molar-refractivity contribution in [2.75, 3.05) is 4.90 Å². The fraction of sp³-hybridized carbons (Fsp3) is 0. The van der Waals surface area contributed by atoms with Crippen molar-refractivity contribution < 1.29 is 0 Å². The summed E-state index contributed by atoms with van der Waals surface area (Å²) in [5.41, 5.74) is 11.6. The van der Waals surface area contributed by atoms with Crippen LogP contribution < -0.4 is 4.90 Å². The maximum Gasteiger partial charge on any atom is 0.164 e. The summed E-state index contributed by atoms with van der Waals surface area (Å²) in [4.78, 5) is 17.6. The lowest BCUT2D eigenvalue weighted by Gasteiger charge is -2.25. The Labute approximate surface area is 325 Å². The van der Waals surface area contributed by atoms with Gasteiger partial charge in [-0.15, -0.1) is 0 Å². The van der Waals surface area contributed by atoms with Crippen LogP contribution in [0.15, 0.2) is 212 Å². The lowest BCUT2D eigenvalue weighted by molar-refractivity contribution is 1.07. The Morgan fingerprint density at radius 1 is 0.304 bits per heavy atom. The fourth-order valence-electron chi connectivity index (χ4n) is 7.56. The zero-order valence-corrected chi connectivity index (χ0v) is 30.4. The van der Waals surface area contributed by atoms with Gasteiger partial charge in [-0.2, -0.15) is 0 Å². The number of hydrogen-bond acceptors (Lipinski definition) is 4. The highest BCUT2D eigenvalue weighted by atomic mass is 15.1. The summed E-state index contributed by atoms with van der Waals surface area (Å²) in [6.07, 6.45) is 0. The summed E-state index contributed by atoms with van der Waals surface area (Å²) in [6.45, 7) is 0. The van der Waals surface area contributed by atoms with Gasteiger partial charge in [-0.3, -0.25) is 0 Å². The molecule has 0 aliphatic heterocycles. The van der Waals surface area contributed by atoms with Crippen LogP contribution in [-0.2, 0) is 0 Å². The molecule has 0 spiro atoms. The van der Waals surface area contributed by atoms with Crippen molar-refractivity contribution in [2.24, 2.45) is 0 Å². The summed E-state index contributed by atoms with van der Waals surface area (Å²) >= 11 is 0. The van der Waals surface area contributed by atoms with Gasteiger partial charge in [0.2, 0.25) is 0 Å². The minimum absolute atomic E-state index is 0.621. The first kappa shape index (κ1) is 33.0. The molecule has 2 aromatic heterocycles. The van der Waals surface area contributed by atoms with Crippen LogP contribution in [0.1, 0.15) is 0 Å². The molecule has 5 nitrogen and oxygen atoms in total. The van der Waals surface area contributed by atoms with E-state index in [1.165, 1.54) is 10.8 Å². The first-order chi connectivity index (χ1) is 27.8. The van der Waals surface area contributed by atoms with E-state index in [4.69, 9.17) is 15.0 Å². The van der Waals surface area contributed by atoms with Gasteiger partial charge in [-0.05, 0) is 77.9 Å². The molecule has 0 atom stereocenters. The quantitative estimate of drug-likeness (QED) is 0.157. The van der Waals surface area contributed by atoms with Crippen LogP contribution in [0.5, 0.6) is 0 Å². The number of hydrogen-bond donors (Lipinski definition) is 0. The number of benzene rings is 8. The second kappa shape index (κ2) is 14.3. The lowest BCUT2D eigenvalue weighted by atomic mass is 10.0. The Kier molecular flexibility index (Phi) is 8.43. The molecule has 0 fully saturated rings. The van der Waals surface area contributed by atoms with Gasteiger partial charge >= 0.3 is 0 Å². The Bertz CT molecular complexity index is 2900. The van der Waals surface area contributed by atoms with Crippen molar-refractivity contribution >= 4 is 38.9 Å². The number of fused-ring (bicyclic) bond motifs is 3. The van der Waals surface area contributed by atoms with Crippen LogP contribution >= 0.6 is 0 Å². The second-order valence-corrected chi connectivity index (χ2v) is 13.7. The largest absolute Gasteiger partial charge is 0.311 e. The maximum atomic E-state index is 5.16. The van der Waals surface area contributed by atoms with Gasteiger partial charge in [0, 0.05) is 50.2 Å². The summed E-state index contributed by atoms with van der Waals surface area (Å²) < 4.78 is 2.32. The van der Waals surface area contributed by atoms with Gasteiger partial charge in [-0.25, -0.2) is 15.0 Å². The Hall–Kier alpha value is -7.63. The van der Waals surface area contributed by atoms with Gasteiger partial charge in [0.05, 0.1) is 11.0 Å². The summed E-state index contributed by atoms with van der Waals surface area (Å²) in [5, 5.41) is 2.39. The van der Waals surface area contributed by atoms with Gasteiger partial charge in [0.25, 0.3) is 0 Å². The molecule has 5 heteroatoms. The van der Waals surface area contributed by atoms with Crippen molar-refractivity contribution in [3.8, 4) is 51.0 Å². The van der Waals surface area contributed by atoms with E-state index in [1.54, 1.807) is 0 Å². The maximum absolute atomic E-state index is 5.16. The number of anilines is 3. The number of nitrogens with zero attached hydrogens (tertiary/aromatic N) is 5. The molecular weight excluding hydrogens is 683 g/mol. The first-order valence-electron chi connectivity index (χ1n) is 18.8. The highest BCUT2D eigenvalue weighted by Crippen LogP contribution is 2.37. The third kappa shape index (κ3) is 6.17. The molecule has 0 amide bonds. The number of aromatic nitrogens is 4. The third-order valence-corrected chi connectivity index (χ3v) is 10.2. The molecule has 0 saturated carbocycles. The molecule has 56 heavy (non-hydrogen) atoms. The van der Waals surface area contributed by atoms with Crippen LogP contribution in [0.2, 0.25) is 0 Å². The molecule has 0 bridgehead atoms. The topological polar surface area (TPSA) is 46.8 Å². The zero-order chi connectivity index (χ0) is 37.3. The Morgan fingerprint density at radius 3 is 1.43 bits per heavy atom. The van der Waals surface area contributed by atoms with E-state index in [9.17, 15) is 0 Å². The Balaban J connectivity index is 1.06. The van der Waals surface area contributed by atoms with E-state index in [2.05, 4.69) is 179 Å². The average molecular weight is 718 g/mol. The van der Waals surface area contributed by atoms with Crippen molar-refractivity contribution in [3.63, 3.8) is 0 Å². The first-order valence-corrected chi connectivity index (χ1v) is 18.8. The second-order valence-electron chi connectivity index (χ2n) is 13.7. The van der Waals surface area contributed by atoms with E-state index >= 15 is 0 Å². The molecule has 0 saturated heterocycles. The predicted molar refractivity (Wildman–Crippen MR) is 231 cm³/mol. The molecule has 264 valence electrons. The molecular formula is C51H35N5. The predicted octanol–water partition coefficient (Wildman–Crippen LogP) is 13.1. The normalized spacial score (nSPS) is 11.2. The van der Waals surface area contributed by atoms with Gasteiger partial charge in [0.1, 0.15) is 0 Å². The van der Waals surface area contributed by atoms with Crippen LogP contribution in [0, 0.1) is 0 Å². The fourth-order valence-corrected chi connectivity index (χ4v) is 7.56. The summed E-state index contributed by atoms with van der Waals surface area (Å²) in [6, 6.07) is 73.9. The third-order valence-electron chi connectivity index (χ3n) is 10.2. The van der Waals surface area contributed by atoms with Crippen molar-refractivity contribution in [3.05, 3.63) is 212 Å². The molecule has 10 rings (SSSR count). The van der Waals surface area contributed by atoms with Crippen LogP contribution in [0.4, 0.5) is 17.1 Å². The standard InChI is InChI=1S/C51H35N5/c1-5-16-37(17-6-1)49-52-50(54-51(53-49)40-30-33-46-45-26-13-14-27-47(45)56(48(46)35-40)43-24-11-4-12-25-43)39-19-15-18-38(34-39)36-28-31-44(32-29-36)55(41-20-7-2-8-21-41)42-22-9-3-10-23-42/h1-35H. The number of rotatable bonds is 8. The smallest absolute Gasteiger partial charge is 0.164 e. The van der Waals surface area contributed by atoms with Crippen LogP contribution in [0.3, 0.4) is 0 Å². The van der Waals surface area contributed by atoms with Crippen molar-refractivity contribution in [2.45, 2.75) is 0 Å². The number of para-hydroxylation sites is 4. The summed E-state index contributed by atoms with van der Waals surface area (Å²) in [5.74, 6) is 1.87. The highest BCUT2D eigenvalue weighted by molar-refractivity contribution is 6.10. The summed E-state index contributed by atoms with van der Waals surface area (Å²) in [7, 11) is 0. The molecule has 0 aliphatic carbocycles. The highest BCUT2D eigenvalue weighted by Gasteiger charge is 2.17. The minimum atomic E-state index is 0.621. The van der Waals surface area contributed by atoms with Crippen molar-refractivity contribution in [1.82, 2.24) is 19.5 Å². The van der Waals surface area contributed by atoms with Gasteiger partial charge in [-0.1, -0.05) is 146 Å². The molecule has 8 aromatic carbocycles. The average Bonchev–Trinajstić information content (AvgIpc) is 3.62. The molecule has 0 aliphatic rings. The molecule has 2 heterocycles. The van der Waals surface area contributed by atoms with Crippen LogP contribution in [-0.4, -0.2) is 19.5 Å². The van der Waals surface area contributed by atoms with Crippen molar-refractivity contribution in [1.29, 1.82) is 0 Å². The van der Waals surface area contributed by atoms with E-state index in [-0.39, 0.29) is 0 Å². The monoisotopic (exact) mass is 717 g/mol. The minimum Gasteiger partial charge on any atom is -0.311 e. The molecule has 0 radical (unpaired) electrons. The zero-order valence-electron chi connectivity index (χ0n) is 30.4. The van der Waals surface area contributed by atoms with Crippen LogP contribution in [0.25, 0.3) is 72.8 Å². The van der Waals surface area contributed by atoms with E-state index in [0.717, 1.165) is 61.6 Å². The lowest BCUT2D eigenvalue weighted by Crippen LogP contribution is -2.09. The molecule has 0 unspecified atom stereocenters. The van der Waals surface area contributed by atoms with E-state index in [0.29, 0.717) is 17.5 Å². The van der Waals surface area contributed by atoms with E-state index in [1.807, 2.05) is 42.5 Å². The molecule has 10 aromatic rings. The van der Waals surface area contributed by atoms with Gasteiger partial charge in [0.15, 0.2) is 17.5 Å². The van der Waals surface area contributed by atoms with Gasteiger partial charge < -0.3 is 9.47 Å². The SMILES string of the molecule is c1ccc(-c2nc(-c3cccc(-c4ccc(N(c5ccccc5)c5ccccc5)cc4)c3)nc(-c3ccc4c5ccccc5n(-c5ccccc5)c4c3)n2)cc1.